The summed E-state index contributed by atoms with van der Waals surface area (Å²) in [5, 5.41) is 20.1. The monoisotopic (exact) mass is 366 g/mol. The molecule has 1 aromatic heterocycles. The Hall–Kier alpha value is -2.21. The Labute approximate surface area is 150 Å². The van der Waals surface area contributed by atoms with Crippen LogP contribution in [0.1, 0.15) is 12.5 Å². The molecule has 24 heavy (non-hydrogen) atoms. The van der Waals surface area contributed by atoms with Crippen LogP contribution >= 0.6 is 0 Å². The fourth-order valence-electron chi connectivity index (χ4n) is 2.56. The normalized spacial score (nSPS) is 19.2. The van der Waals surface area contributed by atoms with Crippen LogP contribution in [-0.2, 0) is 21.9 Å². The smallest absolute Gasteiger partial charge is 0.480 e. The van der Waals surface area contributed by atoms with E-state index >= 15 is 0 Å². The minimum absolute atomic E-state index is 0. The molecule has 2 aromatic carbocycles. The van der Waals surface area contributed by atoms with Gasteiger partial charge in [-0.15, -0.1) is 12.1 Å². The summed E-state index contributed by atoms with van der Waals surface area (Å²) in [5.41, 5.74) is 1.85. The maximum absolute atomic E-state index is 10.9. The van der Waals surface area contributed by atoms with Gasteiger partial charge in [0.05, 0.1) is 6.04 Å². The van der Waals surface area contributed by atoms with Crippen molar-refractivity contribution in [3.05, 3.63) is 60.8 Å². The molecule has 0 aliphatic carbocycles. The second-order valence-corrected chi connectivity index (χ2v) is 5.41. The third-order valence-corrected chi connectivity index (χ3v) is 3.80. The number of aromatic nitrogens is 3. The molecule has 1 fully saturated rings. The largest absolute Gasteiger partial charge is 2.00 e. The molecule has 1 saturated heterocycles. The van der Waals surface area contributed by atoms with Gasteiger partial charge in [-0.25, -0.2) is 12.1 Å². The van der Waals surface area contributed by atoms with Crippen molar-refractivity contribution in [3.63, 3.8) is 0 Å². The van der Waals surface area contributed by atoms with E-state index in [1.54, 1.807) is 4.68 Å². The van der Waals surface area contributed by atoms with Crippen molar-refractivity contribution in [2.75, 3.05) is 6.54 Å². The van der Waals surface area contributed by atoms with Crippen LogP contribution in [0.3, 0.4) is 0 Å². The van der Waals surface area contributed by atoms with E-state index in [9.17, 15) is 4.79 Å². The first kappa shape index (κ1) is 18.1. The van der Waals surface area contributed by atoms with Crippen molar-refractivity contribution in [1.82, 2.24) is 20.3 Å². The average molecular weight is 366 g/mol. The molecule has 0 spiro atoms. The van der Waals surface area contributed by atoms with Crippen LogP contribution in [0, 0.1) is 0 Å². The zero-order valence-electron chi connectivity index (χ0n) is 12.9. The Morgan fingerprint density at radius 3 is 2.54 bits per heavy atom. The van der Waals surface area contributed by atoms with Gasteiger partial charge in [-0.2, -0.15) is 35.4 Å². The van der Waals surface area contributed by atoms with Gasteiger partial charge in [0, 0.05) is 12.2 Å². The first-order valence-electron chi connectivity index (χ1n) is 7.51. The van der Waals surface area contributed by atoms with E-state index in [-0.39, 0.29) is 23.1 Å². The van der Waals surface area contributed by atoms with Gasteiger partial charge < -0.3 is 10.4 Å². The van der Waals surface area contributed by atoms with Crippen molar-refractivity contribution in [1.29, 1.82) is 0 Å². The van der Waals surface area contributed by atoms with Gasteiger partial charge in [-0.05, 0) is 12.6 Å². The molecule has 2 N–H and O–H groups in total. The van der Waals surface area contributed by atoms with Crippen molar-refractivity contribution in [2.24, 2.45) is 0 Å². The van der Waals surface area contributed by atoms with Crippen molar-refractivity contribution < 1.29 is 27.0 Å². The SMILES string of the molecule is O=C(O)C1CC(n2cc(-[c-]3cccc3)nn2)CN1.[Fe+2].c1cc[cH-]c1. The molecule has 0 bridgehead atoms. The number of nitrogens with one attached hydrogen (secondary N) is 1. The summed E-state index contributed by atoms with van der Waals surface area (Å²) in [7, 11) is 0. The topological polar surface area (TPSA) is 80.0 Å². The Morgan fingerprint density at radius 2 is 2.00 bits per heavy atom. The Morgan fingerprint density at radius 1 is 1.29 bits per heavy atom. The minimum atomic E-state index is -0.811. The average Bonchev–Trinajstić information content (AvgIpc) is 3.38. The third kappa shape index (κ3) is 4.41. The Kier molecular flexibility index (Phi) is 6.49. The summed E-state index contributed by atoms with van der Waals surface area (Å²) in [6.45, 7) is 0.612. The standard InChI is InChI=1S/C12H13N4O2.C5H5.Fe/c17-12(18)10-5-9(6-13-10)16-7-11(14-15-16)8-3-1-2-4-8;1-2-4-5-3-1;/h1-4,7,9-10,13H,5-6H2,(H,17,18);1-5H;/q2*-1;+2. The molecule has 1 aliphatic rings. The van der Waals surface area contributed by atoms with E-state index in [1.165, 1.54) is 0 Å². The molecule has 0 radical (unpaired) electrons. The predicted octanol–water partition coefficient (Wildman–Crippen LogP) is 2.05. The van der Waals surface area contributed by atoms with Gasteiger partial charge in [-0.1, -0.05) is 10.8 Å². The quantitative estimate of drug-likeness (QED) is 0.548. The van der Waals surface area contributed by atoms with E-state index in [4.69, 9.17) is 5.11 Å². The maximum atomic E-state index is 10.9. The van der Waals surface area contributed by atoms with Crippen LogP contribution in [0.25, 0.3) is 11.3 Å². The van der Waals surface area contributed by atoms with Gasteiger partial charge in [0.2, 0.25) is 0 Å². The zero-order valence-corrected chi connectivity index (χ0v) is 14.0. The molecule has 2 atom stereocenters. The van der Waals surface area contributed by atoms with Crippen LogP contribution in [0.2, 0.25) is 0 Å². The molecular weight excluding hydrogens is 348 g/mol. The molecule has 3 aromatic rings. The van der Waals surface area contributed by atoms with Crippen LogP contribution in [0.4, 0.5) is 0 Å². The second-order valence-electron chi connectivity index (χ2n) is 5.41. The first-order chi connectivity index (χ1) is 11.2. The molecule has 0 saturated carbocycles. The number of hydrogen-bond donors (Lipinski definition) is 2. The first-order valence-corrected chi connectivity index (χ1v) is 7.51. The van der Waals surface area contributed by atoms with Gasteiger partial charge in [0.1, 0.15) is 6.04 Å². The summed E-state index contributed by atoms with van der Waals surface area (Å²) < 4.78 is 1.75. The summed E-state index contributed by atoms with van der Waals surface area (Å²) in [6.07, 6.45) is 2.41. The van der Waals surface area contributed by atoms with E-state index in [2.05, 4.69) is 15.6 Å². The predicted molar refractivity (Wildman–Crippen MR) is 86.2 cm³/mol. The zero-order chi connectivity index (χ0) is 16.1. The number of hydrogen-bond acceptors (Lipinski definition) is 4. The molecule has 2 heterocycles. The van der Waals surface area contributed by atoms with Crippen LogP contribution in [-0.4, -0.2) is 38.7 Å². The van der Waals surface area contributed by atoms with E-state index in [1.807, 2.05) is 60.8 Å². The molecule has 1 aliphatic heterocycles. The molecule has 126 valence electrons. The molecule has 4 rings (SSSR count). The number of carboxylic acids is 1. The summed E-state index contributed by atoms with van der Waals surface area (Å²) in [4.78, 5) is 10.9. The van der Waals surface area contributed by atoms with Crippen molar-refractivity contribution >= 4 is 5.97 Å². The summed E-state index contributed by atoms with van der Waals surface area (Å²) >= 11 is 0. The Bertz CT molecular complexity index is 704. The van der Waals surface area contributed by atoms with Crippen LogP contribution < -0.4 is 5.32 Å². The number of nitrogens with zero attached hydrogens (tertiary/aromatic N) is 3. The van der Waals surface area contributed by atoms with Crippen LogP contribution in [0.15, 0.2) is 60.8 Å². The van der Waals surface area contributed by atoms with Gasteiger partial charge in [0.15, 0.2) is 0 Å². The maximum Gasteiger partial charge on any atom is 2.00 e. The summed E-state index contributed by atoms with van der Waals surface area (Å²) in [5.74, 6) is -0.811. The fourth-order valence-corrected chi connectivity index (χ4v) is 2.56. The van der Waals surface area contributed by atoms with Gasteiger partial charge >= 0.3 is 23.0 Å². The van der Waals surface area contributed by atoms with Crippen molar-refractivity contribution in [3.8, 4) is 11.3 Å². The molecule has 6 nitrogen and oxygen atoms in total. The Balaban J connectivity index is 0.000000300. The molecule has 7 heteroatoms. The van der Waals surface area contributed by atoms with Crippen LogP contribution in [0.5, 0.6) is 0 Å². The molecule has 0 amide bonds. The van der Waals surface area contributed by atoms with E-state index < -0.39 is 12.0 Å². The third-order valence-electron chi connectivity index (χ3n) is 3.80. The molecular formula is C17H18FeN4O2. The van der Waals surface area contributed by atoms with E-state index in [0.717, 1.165) is 11.3 Å². The minimum Gasteiger partial charge on any atom is -0.480 e. The fraction of sp³-hybridized carbons (Fsp3) is 0.235. The number of carboxylic acid groups (broad SMARTS) is 1. The van der Waals surface area contributed by atoms with Crippen molar-refractivity contribution in [2.45, 2.75) is 18.5 Å². The summed E-state index contributed by atoms with van der Waals surface area (Å²) in [6, 6.07) is 17.4. The second kappa shape index (κ2) is 8.59. The molecule has 2 unspecified atom stereocenters. The number of rotatable bonds is 3. The van der Waals surface area contributed by atoms with Gasteiger partial charge in [-0.3, -0.25) is 9.48 Å². The van der Waals surface area contributed by atoms with Gasteiger partial charge in [0.25, 0.3) is 0 Å². The van der Waals surface area contributed by atoms with E-state index in [0.29, 0.717) is 13.0 Å². The number of aliphatic carboxylic acids is 1. The number of carbonyl (C=O) groups is 1.